The first-order valence-corrected chi connectivity index (χ1v) is 5.25. The van der Waals surface area contributed by atoms with Crippen molar-refractivity contribution in [1.29, 1.82) is 5.26 Å². The lowest BCUT2D eigenvalue weighted by molar-refractivity contribution is 0.569. The van der Waals surface area contributed by atoms with Gasteiger partial charge in [0.15, 0.2) is 0 Å². The maximum absolute atomic E-state index is 10.6. The molecule has 0 bridgehead atoms. The van der Waals surface area contributed by atoms with Gasteiger partial charge in [0.25, 0.3) is 0 Å². The minimum atomic E-state index is -3.23. The van der Waals surface area contributed by atoms with E-state index in [0.717, 1.165) is 12.7 Å². The van der Waals surface area contributed by atoms with Crippen LogP contribution in [-0.4, -0.2) is 20.7 Å². The Kier molecular flexibility index (Phi) is 4.08. The van der Waals surface area contributed by atoms with E-state index in [4.69, 9.17) is 5.26 Å². The van der Waals surface area contributed by atoms with E-state index >= 15 is 0 Å². The molecule has 0 fully saturated rings. The summed E-state index contributed by atoms with van der Waals surface area (Å²) in [6.07, 6.45) is 2.40. The lowest BCUT2D eigenvalue weighted by atomic mass is 10.2. The van der Waals surface area contributed by atoms with E-state index in [-0.39, 0.29) is 0 Å². The number of nitrogens with one attached hydrogen (secondary N) is 1. The first kappa shape index (κ1) is 10.4. The summed E-state index contributed by atoms with van der Waals surface area (Å²) in [4.78, 5) is 0. The summed E-state index contributed by atoms with van der Waals surface area (Å²) in [5.74, 6) is 0. The van der Waals surface area contributed by atoms with Crippen molar-refractivity contribution in [3.05, 3.63) is 0 Å². The zero-order valence-electron chi connectivity index (χ0n) is 6.66. The molecule has 1 atom stereocenters. The Labute approximate surface area is 67.3 Å². The van der Waals surface area contributed by atoms with Gasteiger partial charge in [-0.1, -0.05) is 13.3 Å². The molecule has 0 aliphatic rings. The van der Waals surface area contributed by atoms with Gasteiger partial charge in [-0.3, -0.25) is 0 Å². The van der Waals surface area contributed by atoms with E-state index in [9.17, 15) is 8.42 Å². The first-order chi connectivity index (χ1) is 4.99. The zero-order valence-corrected chi connectivity index (χ0v) is 7.48. The monoisotopic (exact) mass is 176 g/mol. The fourth-order valence-corrected chi connectivity index (χ4v) is 1.38. The standard InChI is InChI=1S/C6H12N2O2S/c1-3-4-6(5-7)8-11(2,9)10/h6,8H,3-4H2,1-2H3. The highest BCUT2D eigenvalue weighted by Gasteiger charge is 2.10. The molecule has 0 aliphatic heterocycles. The Morgan fingerprint density at radius 1 is 1.64 bits per heavy atom. The Bertz CT molecular complexity index is 240. The van der Waals surface area contributed by atoms with Crippen LogP contribution in [0.2, 0.25) is 0 Å². The Hall–Kier alpha value is -0.600. The van der Waals surface area contributed by atoms with Crippen LogP contribution in [0, 0.1) is 11.3 Å². The predicted octanol–water partition coefficient (Wildman–Crippen LogP) is 0.228. The van der Waals surface area contributed by atoms with E-state index in [1.165, 1.54) is 0 Å². The van der Waals surface area contributed by atoms with Gasteiger partial charge >= 0.3 is 0 Å². The minimum Gasteiger partial charge on any atom is -0.213 e. The summed E-state index contributed by atoms with van der Waals surface area (Å²) in [6, 6.07) is 1.30. The highest BCUT2D eigenvalue weighted by Crippen LogP contribution is 1.95. The third kappa shape index (κ3) is 5.83. The molecule has 0 aromatic rings. The van der Waals surface area contributed by atoms with Crippen LogP contribution in [-0.2, 0) is 10.0 Å². The van der Waals surface area contributed by atoms with E-state index in [2.05, 4.69) is 4.72 Å². The van der Waals surface area contributed by atoms with Gasteiger partial charge in [-0.15, -0.1) is 0 Å². The largest absolute Gasteiger partial charge is 0.213 e. The van der Waals surface area contributed by atoms with Gasteiger partial charge in [-0.2, -0.15) is 9.98 Å². The van der Waals surface area contributed by atoms with Crippen LogP contribution >= 0.6 is 0 Å². The van der Waals surface area contributed by atoms with Crippen LogP contribution < -0.4 is 4.72 Å². The van der Waals surface area contributed by atoms with Gasteiger partial charge in [0.05, 0.1) is 12.3 Å². The summed E-state index contributed by atoms with van der Waals surface area (Å²) in [5, 5.41) is 8.44. The number of hydrogen-bond donors (Lipinski definition) is 1. The van der Waals surface area contributed by atoms with E-state index in [1.54, 1.807) is 0 Å². The second-order valence-electron chi connectivity index (χ2n) is 2.36. The highest BCUT2D eigenvalue weighted by atomic mass is 32.2. The SMILES string of the molecule is CCCC(C#N)NS(C)(=O)=O. The van der Waals surface area contributed by atoms with Crippen molar-refractivity contribution in [2.24, 2.45) is 0 Å². The molecule has 0 aromatic carbocycles. The molecule has 4 nitrogen and oxygen atoms in total. The fourth-order valence-electron chi connectivity index (χ4n) is 0.697. The molecule has 64 valence electrons. The summed E-state index contributed by atoms with van der Waals surface area (Å²) in [6.45, 7) is 1.90. The lowest BCUT2D eigenvalue weighted by Gasteiger charge is -2.06. The molecular formula is C6H12N2O2S. The first-order valence-electron chi connectivity index (χ1n) is 3.36. The Morgan fingerprint density at radius 2 is 2.18 bits per heavy atom. The summed E-state index contributed by atoms with van der Waals surface area (Å²) in [5.41, 5.74) is 0. The molecule has 5 heteroatoms. The molecular weight excluding hydrogens is 164 g/mol. The molecule has 0 heterocycles. The molecule has 1 N–H and O–H groups in total. The maximum Gasteiger partial charge on any atom is 0.209 e. The second-order valence-corrected chi connectivity index (χ2v) is 4.14. The third-order valence-corrected chi connectivity index (χ3v) is 1.80. The Morgan fingerprint density at radius 3 is 2.45 bits per heavy atom. The zero-order chi connectivity index (χ0) is 8.91. The van der Waals surface area contributed by atoms with Crippen LogP contribution in [0.1, 0.15) is 19.8 Å². The number of nitriles is 1. The number of nitrogens with zero attached hydrogens (tertiary/aromatic N) is 1. The number of rotatable bonds is 4. The van der Waals surface area contributed by atoms with Gasteiger partial charge in [0.2, 0.25) is 10.0 Å². The van der Waals surface area contributed by atoms with Crippen molar-refractivity contribution in [3.63, 3.8) is 0 Å². The van der Waals surface area contributed by atoms with Crippen LogP contribution in [0.15, 0.2) is 0 Å². The molecule has 0 amide bonds. The quantitative estimate of drug-likeness (QED) is 0.666. The molecule has 1 unspecified atom stereocenters. The van der Waals surface area contributed by atoms with Gasteiger partial charge in [-0.05, 0) is 6.42 Å². The van der Waals surface area contributed by atoms with Gasteiger partial charge in [-0.25, -0.2) is 8.42 Å². The highest BCUT2D eigenvalue weighted by molar-refractivity contribution is 7.88. The molecule has 0 aromatic heterocycles. The van der Waals surface area contributed by atoms with Crippen LogP contribution in [0.25, 0.3) is 0 Å². The number of hydrogen-bond acceptors (Lipinski definition) is 3. The van der Waals surface area contributed by atoms with Crippen molar-refractivity contribution in [1.82, 2.24) is 4.72 Å². The van der Waals surface area contributed by atoms with Crippen molar-refractivity contribution in [3.8, 4) is 6.07 Å². The van der Waals surface area contributed by atoms with Crippen LogP contribution in [0.5, 0.6) is 0 Å². The summed E-state index contributed by atoms with van der Waals surface area (Å²) in [7, 11) is -3.23. The minimum absolute atomic E-state index is 0.559. The topological polar surface area (TPSA) is 70.0 Å². The van der Waals surface area contributed by atoms with Crippen molar-refractivity contribution in [2.75, 3.05) is 6.26 Å². The van der Waals surface area contributed by atoms with Crippen molar-refractivity contribution in [2.45, 2.75) is 25.8 Å². The van der Waals surface area contributed by atoms with E-state index in [1.807, 2.05) is 13.0 Å². The lowest BCUT2D eigenvalue weighted by Crippen LogP contribution is -2.32. The maximum atomic E-state index is 10.6. The predicted molar refractivity (Wildman–Crippen MR) is 42.3 cm³/mol. The van der Waals surface area contributed by atoms with E-state index < -0.39 is 16.1 Å². The molecule has 0 rings (SSSR count). The summed E-state index contributed by atoms with van der Waals surface area (Å²) < 4.78 is 23.4. The third-order valence-electron chi connectivity index (χ3n) is 1.09. The molecule has 0 saturated heterocycles. The van der Waals surface area contributed by atoms with Crippen LogP contribution in [0.4, 0.5) is 0 Å². The normalized spacial score (nSPS) is 13.9. The van der Waals surface area contributed by atoms with Gasteiger partial charge in [0.1, 0.15) is 6.04 Å². The number of sulfonamides is 1. The molecule has 0 saturated carbocycles. The molecule has 0 spiro atoms. The van der Waals surface area contributed by atoms with Gasteiger partial charge < -0.3 is 0 Å². The average Bonchev–Trinajstić information content (AvgIpc) is 1.84. The van der Waals surface area contributed by atoms with Crippen molar-refractivity contribution < 1.29 is 8.42 Å². The van der Waals surface area contributed by atoms with E-state index in [0.29, 0.717) is 6.42 Å². The smallest absolute Gasteiger partial charge is 0.209 e. The molecule has 11 heavy (non-hydrogen) atoms. The van der Waals surface area contributed by atoms with Crippen LogP contribution in [0.3, 0.4) is 0 Å². The second kappa shape index (κ2) is 4.31. The molecule has 0 aliphatic carbocycles. The average molecular weight is 176 g/mol. The van der Waals surface area contributed by atoms with Crippen molar-refractivity contribution >= 4 is 10.0 Å². The fraction of sp³-hybridized carbons (Fsp3) is 0.833. The molecule has 0 radical (unpaired) electrons. The Balaban J connectivity index is 4.02. The summed E-state index contributed by atoms with van der Waals surface area (Å²) >= 11 is 0. The van der Waals surface area contributed by atoms with Gasteiger partial charge in [0, 0.05) is 0 Å².